The fourth-order valence-corrected chi connectivity index (χ4v) is 0.960. The molecular weight excluding hydrogens is 176 g/mol. The van der Waals surface area contributed by atoms with Crippen molar-refractivity contribution >= 4 is 5.91 Å². The van der Waals surface area contributed by atoms with Crippen molar-refractivity contribution in [3.05, 3.63) is 0 Å². The van der Waals surface area contributed by atoms with Gasteiger partial charge in [-0.15, -0.1) is 0 Å². The van der Waals surface area contributed by atoms with E-state index < -0.39 is 0 Å². The van der Waals surface area contributed by atoms with Crippen LogP contribution in [0.3, 0.4) is 0 Å². The molecule has 1 amide bonds. The smallest absolute Gasteiger partial charge is 0.224 e. The largest absolute Gasteiger partial charge is 0.356 e. The molecule has 0 fully saturated rings. The molecule has 0 aromatic rings. The molecule has 0 bridgehead atoms. The standard InChI is InChI=1S/C11H24N2O/c1-8(9(2)12)10(14)13-7-6-11(3,4)5/h8-9H,6-7,12H2,1-5H3,(H,13,14). The zero-order chi connectivity index (χ0) is 11.4. The van der Waals surface area contributed by atoms with Gasteiger partial charge in [0.05, 0.1) is 0 Å². The van der Waals surface area contributed by atoms with Gasteiger partial charge in [-0.3, -0.25) is 4.79 Å². The minimum absolute atomic E-state index is 0.0595. The van der Waals surface area contributed by atoms with Crippen LogP contribution in [0.15, 0.2) is 0 Å². The van der Waals surface area contributed by atoms with Crippen LogP contribution in [0.5, 0.6) is 0 Å². The maximum Gasteiger partial charge on any atom is 0.224 e. The van der Waals surface area contributed by atoms with Crippen molar-refractivity contribution in [3.63, 3.8) is 0 Å². The van der Waals surface area contributed by atoms with Crippen LogP contribution < -0.4 is 11.1 Å². The summed E-state index contributed by atoms with van der Waals surface area (Å²) in [6.07, 6.45) is 0.990. The summed E-state index contributed by atoms with van der Waals surface area (Å²) < 4.78 is 0. The Morgan fingerprint density at radius 2 is 1.86 bits per heavy atom. The number of carbonyl (C=O) groups excluding carboxylic acids is 1. The van der Waals surface area contributed by atoms with E-state index >= 15 is 0 Å². The van der Waals surface area contributed by atoms with Crippen LogP contribution in [0.4, 0.5) is 0 Å². The average Bonchev–Trinajstić information content (AvgIpc) is 2.00. The highest BCUT2D eigenvalue weighted by Crippen LogP contribution is 2.17. The van der Waals surface area contributed by atoms with Gasteiger partial charge in [-0.2, -0.15) is 0 Å². The van der Waals surface area contributed by atoms with E-state index in [2.05, 4.69) is 26.1 Å². The quantitative estimate of drug-likeness (QED) is 0.723. The number of hydrogen-bond acceptors (Lipinski definition) is 2. The van der Waals surface area contributed by atoms with Gasteiger partial charge in [-0.25, -0.2) is 0 Å². The number of nitrogens with two attached hydrogens (primary N) is 1. The number of carbonyl (C=O) groups is 1. The minimum Gasteiger partial charge on any atom is -0.356 e. The lowest BCUT2D eigenvalue weighted by atomic mass is 9.92. The molecule has 3 N–H and O–H groups in total. The molecule has 0 spiro atoms. The second kappa shape index (κ2) is 5.35. The Bertz CT molecular complexity index is 182. The molecule has 84 valence electrons. The highest BCUT2D eigenvalue weighted by Gasteiger charge is 2.17. The van der Waals surface area contributed by atoms with Crippen LogP contribution in [0.25, 0.3) is 0 Å². The monoisotopic (exact) mass is 200 g/mol. The van der Waals surface area contributed by atoms with Crippen molar-refractivity contribution in [1.29, 1.82) is 0 Å². The van der Waals surface area contributed by atoms with Gasteiger partial charge in [-0.1, -0.05) is 27.7 Å². The molecule has 0 aliphatic rings. The Balaban J connectivity index is 3.75. The van der Waals surface area contributed by atoms with Gasteiger partial charge >= 0.3 is 0 Å². The second-order valence-electron chi connectivity index (χ2n) is 5.25. The number of hydrogen-bond donors (Lipinski definition) is 2. The molecule has 0 aromatic carbocycles. The van der Waals surface area contributed by atoms with E-state index in [4.69, 9.17) is 5.73 Å². The van der Waals surface area contributed by atoms with E-state index in [1.165, 1.54) is 0 Å². The summed E-state index contributed by atoms with van der Waals surface area (Å²) in [5.41, 5.74) is 5.90. The summed E-state index contributed by atoms with van der Waals surface area (Å²) in [5, 5.41) is 2.90. The SMILES string of the molecule is CC(N)C(C)C(=O)NCCC(C)(C)C. The molecule has 3 nitrogen and oxygen atoms in total. The number of rotatable bonds is 4. The fraction of sp³-hybridized carbons (Fsp3) is 0.909. The van der Waals surface area contributed by atoms with Crippen molar-refractivity contribution in [1.82, 2.24) is 5.32 Å². The van der Waals surface area contributed by atoms with Gasteiger partial charge in [0.1, 0.15) is 0 Å². The van der Waals surface area contributed by atoms with Crippen LogP contribution in [-0.2, 0) is 4.79 Å². The highest BCUT2D eigenvalue weighted by atomic mass is 16.1. The highest BCUT2D eigenvalue weighted by molar-refractivity contribution is 5.78. The number of amides is 1. The molecule has 0 rings (SSSR count). The molecule has 2 atom stereocenters. The molecular formula is C11H24N2O. The lowest BCUT2D eigenvalue weighted by molar-refractivity contribution is -0.125. The number of nitrogens with one attached hydrogen (secondary N) is 1. The van der Waals surface area contributed by atoms with Crippen molar-refractivity contribution in [3.8, 4) is 0 Å². The summed E-state index contributed by atoms with van der Waals surface area (Å²) in [7, 11) is 0. The summed E-state index contributed by atoms with van der Waals surface area (Å²) in [4.78, 5) is 11.5. The van der Waals surface area contributed by atoms with E-state index in [-0.39, 0.29) is 23.3 Å². The molecule has 0 aliphatic heterocycles. The van der Waals surface area contributed by atoms with Gasteiger partial charge < -0.3 is 11.1 Å². The molecule has 0 saturated heterocycles. The van der Waals surface area contributed by atoms with Gasteiger partial charge in [0.2, 0.25) is 5.91 Å². The third kappa shape index (κ3) is 5.97. The molecule has 2 unspecified atom stereocenters. The molecule has 3 heteroatoms. The molecule has 0 heterocycles. The van der Waals surface area contributed by atoms with Crippen LogP contribution in [-0.4, -0.2) is 18.5 Å². The summed E-state index contributed by atoms with van der Waals surface area (Å²) >= 11 is 0. The Morgan fingerprint density at radius 3 is 2.21 bits per heavy atom. The average molecular weight is 200 g/mol. The maximum absolute atomic E-state index is 11.5. The Kier molecular flexibility index (Phi) is 5.13. The second-order valence-corrected chi connectivity index (χ2v) is 5.25. The fourth-order valence-electron chi connectivity index (χ4n) is 0.960. The predicted octanol–water partition coefficient (Wildman–Crippen LogP) is 1.52. The van der Waals surface area contributed by atoms with E-state index in [0.29, 0.717) is 0 Å². The Labute approximate surface area is 87.4 Å². The van der Waals surface area contributed by atoms with Crippen molar-refractivity contribution in [2.24, 2.45) is 17.1 Å². The summed E-state index contributed by atoms with van der Waals surface area (Å²) in [6.45, 7) is 10.9. The summed E-state index contributed by atoms with van der Waals surface area (Å²) in [5.74, 6) is -0.0424. The first-order chi connectivity index (χ1) is 6.24. The molecule has 0 aliphatic carbocycles. The minimum atomic E-state index is -0.102. The first kappa shape index (κ1) is 13.4. The van der Waals surface area contributed by atoms with Gasteiger partial charge in [0, 0.05) is 18.5 Å². The zero-order valence-electron chi connectivity index (χ0n) is 10.1. The van der Waals surface area contributed by atoms with Gasteiger partial charge in [-0.05, 0) is 18.8 Å². The summed E-state index contributed by atoms with van der Waals surface area (Å²) in [6, 6.07) is -0.0790. The van der Waals surface area contributed by atoms with Crippen molar-refractivity contribution < 1.29 is 4.79 Å². The molecule has 0 radical (unpaired) electrons. The van der Waals surface area contributed by atoms with E-state index in [9.17, 15) is 4.79 Å². The van der Waals surface area contributed by atoms with E-state index in [1.54, 1.807) is 0 Å². The van der Waals surface area contributed by atoms with Crippen LogP contribution in [0.2, 0.25) is 0 Å². The first-order valence-electron chi connectivity index (χ1n) is 5.27. The zero-order valence-corrected chi connectivity index (χ0v) is 10.1. The van der Waals surface area contributed by atoms with Crippen LogP contribution in [0, 0.1) is 11.3 Å². The third-order valence-electron chi connectivity index (χ3n) is 2.38. The molecule has 0 saturated carbocycles. The van der Waals surface area contributed by atoms with Crippen molar-refractivity contribution in [2.75, 3.05) is 6.54 Å². The lowest BCUT2D eigenvalue weighted by Gasteiger charge is -2.20. The lowest BCUT2D eigenvalue weighted by Crippen LogP contribution is -2.39. The predicted molar refractivity (Wildman–Crippen MR) is 59.9 cm³/mol. The Hall–Kier alpha value is -0.570. The Morgan fingerprint density at radius 1 is 1.36 bits per heavy atom. The molecule has 0 aromatic heterocycles. The van der Waals surface area contributed by atoms with Gasteiger partial charge in [0.15, 0.2) is 0 Å². The topological polar surface area (TPSA) is 55.1 Å². The van der Waals surface area contributed by atoms with Crippen LogP contribution in [0.1, 0.15) is 41.0 Å². The van der Waals surface area contributed by atoms with Crippen molar-refractivity contribution in [2.45, 2.75) is 47.1 Å². The normalized spacial score (nSPS) is 16.1. The third-order valence-corrected chi connectivity index (χ3v) is 2.38. The first-order valence-corrected chi connectivity index (χ1v) is 5.27. The van der Waals surface area contributed by atoms with E-state index in [1.807, 2.05) is 13.8 Å². The van der Waals surface area contributed by atoms with E-state index in [0.717, 1.165) is 13.0 Å². The molecule has 14 heavy (non-hydrogen) atoms. The van der Waals surface area contributed by atoms with Gasteiger partial charge in [0.25, 0.3) is 0 Å². The van der Waals surface area contributed by atoms with Crippen LogP contribution >= 0.6 is 0 Å². The maximum atomic E-state index is 11.5.